The number of ether oxygens (including phenoxy) is 1. The molecule has 0 aliphatic heterocycles. The lowest BCUT2D eigenvalue weighted by atomic mass is 10.1. The van der Waals surface area contributed by atoms with E-state index in [0.717, 1.165) is 36.7 Å². The van der Waals surface area contributed by atoms with Crippen LogP contribution in [0.1, 0.15) is 31.7 Å². The molecular weight excluding hydrogens is 234 g/mol. The van der Waals surface area contributed by atoms with E-state index in [9.17, 15) is 0 Å². The number of halogens is 1. The molecule has 0 bridgehead atoms. The van der Waals surface area contributed by atoms with Crippen LogP contribution in [0.4, 0.5) is 0 Å². The zero-order chi connectivity index (χ0) is 12.5. The summed E-state index contributed by atoms with van der Waals surface area (Å²) in [6.45, 7) is 4.39. The first-order valence-corrected chi connectivity index (χ1v) is 6.69. The van der Waals surface area contributed by atoms with E-state index in [1.165, 1.54) is 18.4 Å². The predicted molar refractivity (Wildman–Crippen MR) is 74.1 cm³/mol. The van der Waals surface area contributed by atoms with E-state index in [0.29, 0.717) is 0 Å². The van der Waals surface area contributed by atoms with Gasteiger partial charge in [-0.25, -0.2) is 0 Å². The van der Waals surface area contributed by atoms with Crippen LogP contribution in [0.2, 0.25) is 5.02 Å². The van der Waals surface area contributed by atoms with Crippen LogP contribution in [0.3, 0.4) is 0 Å². The van der Waals surface area contributed by atoms with Crippen LogP contribution in [-0.2, 0) is 6.42 Å². The maximum Gasteiger partial charge on any atom is 0.122 e. The largest absolute Gasteiger partial charge is 0.496 e. The van der Waals surface area contributed by atoms with Crippen molar-refractivity contribution < 1.29 is 4.74 Å². The van der Waals surface area contributed by atoms with Crippen LogP contribution in [0.15, 0.2) is 18.2 Å². The third-order valence-corrected chi connectivity index (χ3v) is 2.95. The van der Waals surface area contributed by atoms with Gasteiger partial charge in [0.15, 0.2) is 0 Å². The lowest BCUT2D eigenvalue weighted by molar-refractivity contribution is 0.409. The van der Waals surface area contributed by atoms with Crippen LogP contribution >= 0.6 is 11.6 Å². The summed E-state index contributed by atoms with van der Waals surface area (Å²) in [6.07, 6.45) is 4.57. The fourth-order valence-corrected chi connectivity index (χ4v) is 2.00. The van der Waals surface area contributed by atoms with Gasteiger partial charge in [0.25, 0.3) is 0 Å². The van der Waals surface area contributed by atoms with Gasteiger partial charge in [-0.2, -0.15) is 0 Å². The van der Waals surface area contributed by atoms with Crippen molar-refractivity contribution in [3.63, 3.8) is 0 Å². The van der Waals surface area contributed by atoms with Gasteiger partial charge in [-0.3, -0.25) is 0 Å². The standard InChI is InChI=1S/C14H22ClNO/c1-3-9-16-10-5-4-6-12-11-13(15)7-8-14(12)17-2/h7-8,11,16H,3-6,9-10H2,1-2H3. The molecule has 0 amide bonds. The molecule has 1 aromatic rings. The van der Waals surface area contributed by atoms with Crippen molar-refractivity contribution >= 4 is 11.6 Å². The van der Waals surface area contributed by atoms with Crippen molar-refractivity contribution in [2.24, 2.45) is 0 Å². The monoisotopic (exact) mass is 255 g/mol. The molecule has 3 heteroatoms. The van der Waals surface area contributed by atoms with E-state index in [4.69, 9.17) is 16.3 Å². The molecule has 1 N–H and O–H groups in total. The molecule has 17 heavy (non-hydrogen) atoms. The second-order valence-corrected chi connectivity index (χ2v) is 4.60. The predicted octanol–water partition coefficient (Wildman–Crippen LogP) is 3.67. The smallest absolute Gasteiger partial charge is 0.122 e. The molecule has 2 nitrogen and oxygen atoms in total. The highest BCUT2D eigenvalue weighted by Crippen LogP contribution is 2.24. The normalized spacial score (nSPS) is 10.5. The number of hydrogen-bond donors (Lipinski definition) is 1. The molecule has 0 spiro atoms. The average molecular weight is 256 g/mol. The highest BCUT2D eigenvalue weighted by molar-refractivity contribution is 6.30. The van der Waals surface area contributed by atoms with Crippen LogP contribution in [0.5, 0.6) is 5.75 Å². The van der Waals surface area contributed by atoms with Crippen molar-refractivity contribution in [3.05, 3.63) is 28.8 Å². The Morgan fingerprint density at radius 3 is 2.76 bits per heavy atom. The van der Waals surface area contributed by atoms with Gasteiger partial charge in [-0.15, -0.1) is 0 Å². The van der Waals surface area contributed by atoms with Gasteiger partial charge in [-0.1, -0.05) is 18.5 Å². The molecule has 0 radical (unpaired) electrons. The Morgan fingerprint density at radius 1 is 1.24 bits per heavy atom. The Labute approximate surface area is 109 Å². The lowest BCUT2D eigenvalue weighted by Gasteiger charge is -2.09. The van der Waals surface area contributed by atoms with Gasteiger partial charge in [-0.05, 0) is 62.5 Å². The third kappa shape index (κ3) is 5.42. The first-order chi connectivity index (χ1) is 8.27. The van der Waals surface area contributed by atoms with Crippen LogP contribution in [0, 0.1) is 0 Å². The molecule has 0 heterocycles. The summed E-state index contributed by atoms with van der Waals surface area (Å²) >= 11 is 5.99. The molecule has 0 unspecified atom stereocenters. The van der Waals surface area contributed by atoms with Gasteiger partial charge in [0, 0.05) is 5.02 Å². The van der Waals surface area contributed by atoms with Crippen molar-refractivity contribution in [1.82, 2.24) is 5.32 Å². The summed E-state index contributed by atoms with van der Waals surface area (Å²) in [5.41, 5.74) is 1.20. The Morgan fingerprint density at radius 2 is 2.06 bits per heavy atom. The highest BCUT2D eigenvalue weighted by atomic mass is 35.5. The number of hydrogen-bond acceptors (Lipinski definition) is 2. The Balaban J connectivity index is 2.32. The molecule has 0 saturated carbocycles. The quantitative estimate of drug-likeness (QED) is 0.716. The minimum absolute atomic E-state index is 0.782. The van der Waals surface area contributed by atoms with Crippen LogP contribution < -0.4 is 10.1 Å². The van der Waals surface area contributed by atoms with E-state index < -0.39 is 0 Å². The van der Waals surface area contributed by atoms with Gasteiger partial charge in [0.1, 0.15) is 5.75 Å². The molecule has 96 valence electrons. The average Bonchev–Trinajstić information content (AvgIpc) is 2.34. The Hall–Kier alpha value is -0.730. The maximum atomic E-state index is 5.99. The fraction of sp³-hybridized carbons (Fsp3) is 0.571. The maximum absolute atomic E-state index is 5.99. The van der Waals surface area contributed by atoms with Gasteiger partial charge < -0.3 is 10.1 Å². The summed E-state index contributed by atoms with van der Waals surface area (Å²) in [7, 11) is 1.70. The molecule has 0 aromatic heterocycles. The zero-order valence-electron chi connectivity index (χ0n) is 10.8. The molecule has 0 aliphatic carbocycles. The van der Waals surface area contributed by atoms with Gasteiger partial charge >= 0.3 is 0 Å². The number of unbranched alkanes of at least 4 members (excludes halogenated alkanes) is 1. The molecule has 1 aromatic carbocycles. The number of nitrogens with one attached hydrogen (secondary N) is 1. The van der Waals surface area contributed by atoms with E-state index in [-0.39, 0.29) is 0 Å². The number of benzene rings is 1. The van der Waals surface area contributed by atoms with Crippen molar-refractivity contribution in [2.45, 2.75) is 32.6 Å². The summed E-state index contributed by atoms with van der Waals surface area (Å²) in [5, 5.41) is 4.19. The number of rotatable bonds is 8. The topological polar surface area (TPSA) is 21.3 Å². The van der Waals surface area contributed by atoms with Gasteiger partial charge in [0.2, 0.25) is 0 Å². The summed E-state index contributed by atoms with van der Waals surface area (Å²) in [4.78, 5) is 0. The minimum atomic E-state index is 0.782. The highest BCUT2D eigenvalue weighted by Gasteiger charge is 2.03. The third-order valence-electron chi connectivity index (χ3n) is 2.72. The van der Waals surface area contributed by atoms with Crippen molar-refractivity contribution in [1.29, 1.82) is 0 Å². The Bertz CT molecular complexity index is 328. The second kappa shape index (κ2) is 8.37. The molecule has 0 atom stereocenters. The summed E-state index contributed by atoms with van der Waals surface area (Å²) in [5.74, 6) is 0.941. The fourth-order valence-electron chi connectivity index (χ4n) is 1.81. The minimum Gasteiger partial charge on any atom is -0.496 e. The van der Waals surface area contributed by atoms with Crippen LogP contribution in [-0.4, -0.2) is 20.2 Å². The number of methoxy groups -OCH3 is 1. The van der Waals surface area contributed by atoms with E-state index in [1.54, 1.807) is 7.11 Å². The SMILES string of the molecule is CCCNCCCCc1cc(Cl)ccc1OC. The number of aryl methyl sites for hydroxylation is 1. The van der Waals surface area contributed by atoms with E-state index >= 15 is 0 Å². The summed E-state index contributed by atoms with van der Waals surface area (Å²) in [6, 6.07) is 5.81. The van der Waals surface area contributed by atoms with E-state index in [1.807, 2.05) is 18.2 Å². The molecule has 1 rings (SSSR count). The first-order valence-electron chi connectivity index (χ1n) is 6.31. The second-order valence-electron chi connectivity index (χ2n) is 4.16. The molecule has 0 fully saturated rings. The van der Waals surface area contributed by atoms with E-state index in [2.05, 4.69) is 12.2 Å². The zero-order valence-corrected chi connectivity index (χ0v) is 11.5. The summed E-state index contributed by atoms with van der Waals surface area (Å²) < 4.78 is 5.32. The molecular formula is C14H22ClNO. The Kier molecular flexibility index (Phi) is 7.06. The van der Waals surface area contributed by atoms with Crippen molar-refractivity contribution in [3.8, 4) is 5.75 Å². The first kappa shape index (κ1) is 14.3. The molecule has 0 aliphatic rings. The molecule has 0 saturated heterocycles. The van der Waals surface area contributed by atoms with Crippen molar-refractivity contribution in [2.75, 3.05) is 20.2 Å². The lowest BCUT2D eigenvalue weighted by Crippen LogP contribution is -2.15. The van der Waals surface area contributed by atoms with Gasteiger partial charge in [0.05, 0.1) is 7.11 Å². The van der Waals surface area contributed by atoms with Crippen LogP contribution in [0.25, 0.3) is 0 Å².